The molecule has 0 unspecified atom stereocenters. The van der Waals surface area contributed by atoms with Crippen LogP contribution in [0.5, 0.6) is 5.75 Å². The molecule has 0 saturated heterocycles. The molecule has 2 saturated carbocycles. The molecule has 0 spiro atoms. The van der Waals surface area contributed by atoms with E-state index >= 15 is 0 Å². The molecular formula is C17H22O3. The van der Waals surface area contributed by atoms with Crippen LogP contribution in [0.15, 0.2) is 24.3 Å². The molecule has 20 heavy (non-hydrogen) atoms. The van der Waals surface area contributed by atoms with Crippen molar-refractivity contribution in [2.24, 2.45) is 0 Å². The van der Waals surface area contributed by atoms with E-state index in [1.807, 2.05) is 12.1 Å². The molecule has 0 heterocycles. The van der Waals surface area contributed by atoms with Crippen molar-refractivity contribution in [2.75, 3.05) is 0 Å². The van der Waals surface area contributed by atoms with Gasteiger partial charge in [0.1, 0.15) is 11.4 Å². The normalized spacial score (nSPS) is 22.1. The number of ketones is 1. The summed E-state index contributed by atoms with van der Waals surface area (Å²) in [5.41, 5.74) is -0.595. The van der Waals surface area contributed by atoms with Gasteiger partial charge in [0.25, 0.3) is 0 Å². The Labute approximate surface area is 120 Å². The highest BCUT2D eigenvalue weighted by Gasteiger charge is 2.36. The maximum Gasteiger partial charge on any atom is 0.194 e. The quantitative estimate of drug-likeness (QED) is 0.675. The van der Waals surface area contributed by atoms with Crippen LogP contribution in [0.25, 0.3) is 0 Å². The zero-order valence-corrected chi connectivity index (χ0v) is 11.8. The van der Waals surface area contributed by atoms with E-state index < -0.39 is 5.60 Å². The van der Waals surface area contributed by atoms with Crippen molar-refractivity contribution in [1.82, 2.24) is 0 Å². The van der Waals surface area contributed by atoms with E-state index in [1.54, 1.807) is 12.1 Å². The molecule has 3 heteroatoms. The van der Waals surface area contributed by atoms with Crippen LogP contribution in [0, 0.1) is 0 Å². The predicted molar refractivity (Wildman–Crippen MR) is 77.1 cm³/mol. The number of carbonyl (C=O) groups excluding carboxylic acids is 1. The first-order valence-corrected chi connectivity index (χ1v) is 7.71. The van der Waals surface area contributed by atoms with E-state index in [1.165, 1.54) is 0 Å². The number of aliphatic hydroxyl groups is 1. The first kappa shape index (κ1) is 13.6. The lowest BCUT2D eigenvalue weighted by molar-refractivity contribution is 0.0238. The Hall–Kier alpha value is -1.35. The number of carbonyl (C=O) groups is 1. The van der Waals surface area contributed by atoms with Gasteiger partial charge < -0.3 is 9.84 Å². The molecule has 1 aromatic carbocycles. The fourth-order valence-corrected chi connectivity index (χ4v) is 2.90. The van der Waals surface area contributed by atoms with Crippen LogP contribution in [-0.4, -0.2) is 22.6 Å². The van der Waals surface area contributed by atoms with Gasteiger partial charge in [0.15, 0.2) is 5.78 Å². The summed E-state index contributed by atoms with van der Waals surface area (Å²) in [7, 11) is 0. The molecule has 3 nitrogen and oxygen atoms in total. The third kappa shape index (κ3) is 3.04. The fourth-order valence-electron chi connectivity index (χ4n) is 2.90. The van der Waals surface area contributed by atoms with Gasteiger partial charge in [-0.15, -0.1) is 0 Å². The van der Waals surface area contributed by atoms with Gasteiger partial charge in [-0.1, -0.05) is 37.8 Å². The van der Waals surface area contributed by atoms with Crippen LogP contribution in [0.1, 0.15) is 61.7 Å². The Morgan fingerprint density at radius 1 is 1.15 bits per heavy atom. The topological polar surface area (TPSA) is 46.5 Å². The Morgan fingerprint density at radius 3 is 2.50 bits per heavy atom. The van der Waals surface area contributed by atoms with E-state index in [0.717, 1.165) is 44.3 Å². The predicted octanol–water partition coefficient (Wildman–Crippen LogP) is 3.50. The van der Waals surface area contributed by atoms with E-state index in [0.29, 0.717) is 24.5 Å². The fraction of sp³-hybridized carbons (Fsp3) is 0.588. The number of rotatable bonds is 4. The lowest BCUT2D eigenvalue weighted by atomic mass is 9.86. The van der Waals surface area contributed by atoms with Crippen LogP contribution in [-0.2, 0) is 0 Å². The van der Waals surface area contributed by atoms with Crippen LogP contribution in [0.3, 0.4) is 0 Å². The number of hydrogen-bond acceptors (Lipinski definition) is 3. The van der Waals surface area contributed by atoms with E-state index in [2.05, 4.69) is 0 Å². The Balaban J connectivity index is 1.77. The average Bonchev–Trinajstić information content (AvgIpc) is 3.27. The van der Waals surface area contributed by atoms with Gasteiger partial charge in [-0.25, -0.2) is 0 Å². The SMILES string of the molecule is O=C(c1cccc(OC2CC2)c1)C1(O)CCCCCC1. The molecule has 3 rings (SSSR count). The van der Waals surface area contributed by atoms with Crippen molar-refractivity contribution in [3.8, 4) is 5.75 Å². The monoisotopic (exact) mass is 274 g/mol. The second kappa shape index (κ2) is 5.57. The molecule has 1 aromatic rings. The summed E-state index contributed by atoms with van der Waals surface area (Å²) in [4.78, 5) is 12.6. The summed E-state index contributed by atoms with van der Waals surface area (Å²) in [6, 6.07) is 7.28. The third-order valence-corrected chi connectivity index (χ3v) is 4.28. The Bertz CT molecular complexity index is 483. The molecule has 0 aromatic heterocycles. The summed E-state index contributed by atoms with van der Waals surface area (Å²) in [5.74, 6) is 0.608. The number of ether oxygens (including phenoxy) is 1. The maximum atomic E-state index is 12.6. The molecule has 0 aliphatic heterocycles. The highest BCUT2D eigenvalue weighted by Crippen LogP contribution is 2.32. The second-order valence-electron chi connectivity index (χ2n) is 6.12. The molecule has 0 atom stereocenters. The van der Waals surface area contributed by atoms with Crippen LogP contribution < -0.4 is 4.74 Å². The molecule has 0 amide bonds. The minimum absolute atomic E-state index is 0.138. The zero-order chi connectivity index (χ0) is 14.0. The van der Waals surface area contributed by atoms with Crippen molar-refractivity contribution in [3.05, 3.63) is 29.8 Å². The molecule has 0 radical (unpaired) electrons. The van der Waals surface area contributed by atoms with Crippen molar-refractivity contribution >= 4 is 5.78 Å². The average molecular weight is 274 g/mol. The van der Waals surface area contributed by atoms with E-state index in [4.69, 9.17) is 4.74 Å². The molecule has 1 N–H and O–H groups in total. The molecule has 2 aliphatic rings. The van der Waals surface area contributed by atoms with Gasteiger partial charge in [-0.05, 0) is 37.8 Å². The smallest absolute Gasteiger partial charge is 0.194 e. The highest BCUT2D eigenvalue weighted by atomic mass is 16.5. The number of hydrogen-bond donors (Lipinski definition) is 1. The first-order chi connectivity index (χ1) is 9.67. The minimum Gasteiger partial charge on any atom is -0.490 e. The molecule has 2 fully saturated rings. The van der Waals surface area contributed by atoms with Crippen molar-refractivity contribution < 1.29 is 14.6 Å². The first-order valence-electron chi connectivity index (χ1n) is 7.71. The standard InChI is InChI=1S/C17H22O3/c18-16(17(19)10-3-1-2-4-11-17)13-6-5-7-15(12-13)20-14-8-9-14/h5-7,12,14,19H,1-4,8-11H2. The lowest BCUT2D eigenvalue weighted by Gasteiger charge is -2.25. The molecule has 108 valence electrons. The zero-order valence-electron chi connectivity index (χ0n) is 11.8. The molecule has 2 aliphatic carbocycles. The Morgan fingerprint density at radius 2 is 1.85 bits per heavy atom. The van der Waals surface area contributed by atoms with Crippen molar-refractivity contribution in [2.45, 2.75) is 63.1 Å². The van der Waals surface area contributed by atoms with Crippen molar-refractivity contribution in [3.63, 3.8) is 0 Å². The van der Waals surface area contributed by atoms with Gasteiger partial charge >= 0.3 is 0 Å². The van der Waals surface area contributed by atoms with E-state index in [9.17, 15) is 9.90 Å². The highest BCUT2D eigenvalue weighted by molar-refractivity contribution is 6.02. The maximum absolute atomic E-state index is 12.6. The lowest BCUT2D eigenvalue weighted by Crippen LogP contribution is -2.38. The Kier molecular flexibility index (Phi) is 3.79. The summed E-state index contributed by atoms with van der Waals surface area (Å²) < 4.78 is 5.73. The summed E-state index contributed by atoms with van der Waals surface area (Å²) >= 11 is 0. The van der Waals surface area contributed by atoms with E-state index in [-0.39, 0.29) is 5.78 Å². The number of benzene rings is 1. The van der Waals surface area contributed by atoms with Crippen LogP contribution in [0.2, 0.25) is 0 Å². The van der Waals surface area contributed by atoms with Gasteiger partial charge in [0.2, 0.25) is 0 Å². The molecular weight excluding hydrogens is 252 g/mol. The summed E-state index contributed by atoms with van der Waals surface area (Å²) in [5, 5.41) is 10.7. The van der Waals surface area contributed by atoms with Crippen LogP contribution >= 0.6 is 0 Å². The minimum atomic E-state index is -1.17. The summed E-state index contributed by atoms with van der Waals surface area (Å²) in [6.07, 6.45) is 7.77. The third-order valence-electron chi connectivity index (χ3n) is 4.28. The summed E-state index contributed by atoms with van der Waals surface area (Å²) in [6.45, 7) is 0. The van der Waals surface area contributed by atoms with Crippen molar-refractivity contribution in [1.29, 1.82) is 0 Å². The van der Waals surface area contributed by atoms with Gasteiger partial charge in [-0.3, -0.25) is 4.79 Å². The second-order valence-corrected chi connectivity index (χ2v) is 6.12. The largest absolute Gasteiger partial charge is 0.490 e. The molecule has 0 bridgehead atoms. The number of Topliss-reactive ketones (excluding diaryl/α,β-unsaturated/α-hetero) is 1. The van der Waals surface area contributed by atoms with Gasteiger partial charge in [0.05, 0.1) is 6.10 Å². The van der Waals surface area contributed by atoms with Gasteiger partial charge in [0, 0.05) is 5.56 Å². The van der Waals surface area contributed by atoms with Gasteiger partial charge in [-0.2, -0.15) is 0 Å². The van der Waals surface area contributed by atoms with Crippen LogP contribution in [0.4, 0.5) is 0 Å².